The lowest BCUT2D eigenvalue weighted by Gasteiger charge is -2.34. The maximum atomic E-state index is 6.22. The minimum atomic E-state index is 0.0427. The third-order valence-electron chi connectivity index (χ3n) is 3.90. The van der Waals surface area contributed by atoms with Gasteiger partial charge in [0.25, 0.3) is 0 Å². The second-order valence-corrected chi connectivity index (χ2v) is 5.53. The zero-order valence-electron chi connectivity index (χ0n) is 11.2. The van der Waals surface area contributed by atoms with E-state index in [4.69, 9.17) is 16.3 Å². The van der Waals surface area contributed by atoms with Crippen LogP contribution < -0.4 is 0 Å². The molecule has 0 unspecified atom stereocenters. The van der Waals surface area contributed by atoms with Gasteiger partial charge in [0.05, 0.1) is 5.69 Å². The molecule has 1 aromatic carbocycles. The first kappa shape index (κ1) is 13.5. The van der Waals surface area contributed by atoms with Crippen LogP contribution in [-0.2, 0) is 11.2 Å². The summed E-state index contributed by atoms with van der Waals surface area (Å²) in [5.74, 6) is 1.47. The minimum absolute atomic E-state index is 0.0427. The average Bonchev–Trinajstić information content (AvgIpc) is 2.97. The summed E-state index contributed by atoms with van der Waals surface area (Å²) in [5, 5.41) is 12.1. The number of alkyl halides is 1. The van der Waals surface area contributed by atoms with Crippen molar-refractivity contribution in [2.45, 2.75) is 19.3 Å². The summed E-state index contributed by atoms with van der Waals surface area (Å²) in [6.07, 6.45) is 2.69. The molecular formula is C14H17ClN4O. The van der Waals surface area contributed by atoms with E-state index in [2.05, 4.69) is 15.5 Å². The van der Waals surface area contributed by atoms with Gasteiger partial charge >= 0.3 is 0 Å². The van der Waals surface area contributed by atoms with Crippen LogP contribution in [0, 0.1) is 5.41 Å². The van der Waals surface area contributed by atoms with E-state index < -0.39 is 0 Å². The molecule has 0 spiro atoms. The number of ether oxygens (including phenoxy) is 1. The topological polar surface area (TPSA) is 52.8 Å². The summed E-state index contributed by atoms with van der Waals surface area (Å²) in [7, 11) is 0. The maximum absolute atomic E-state index is 6.22. The van der Waals surface area contributed by atoms with Crippen molar-refractivity contribution in [3.05, 3.63) is 36.2 Å². The monoisotopic (exact) mass is 292 g/mol. The lowest BCUT2D eigenvalue weighted by molar-refractivity contribution is 0.0246. The third-order valence-corrected chi connectivity index (χ3v) is 4.47. The zero-order valence-corrected chi connectivity index (χ0v) is 12.0. The van der Waals surface area contributed by atoms with E-state index in [0.29, 0.717) is 5.88 Å². The number of nitrogens with zero attached hydrogens (tertiary/aromatic N) is 4. The van der Waals surface area contributed by atoms with Gasteiger partial charge in [0, 0.05) is 25.5 Å². The Balaban J connectivity index is 1.86. The first-order chi connectivity index (χ1) is 9.83. The highest BCUT2D eigenvalue weighted by atomic mass is 35.5. The molecule has 0 saturated carbocycles. The van der Waals surface area contributed by atoms with Crippen LogP contribution in [0.5, 0.6) is 0 Å². The number of halogens is 1. The first-order valence-electron chi connectivity index (χ1n) is 6.79. The van der Waals surface area contributed by atoms with Gasteiger partial charge in [0.15, 0.2) is 5.82 Å². The van der Waals surface area contributed by atoms with E-state index in [9.17, 15) is 0 Å². The van der Waals surface area contributed by atoms with E-state index in [1.54, 1.807) is 4.68 Å². The fourth-order valence-corrected chi connectivity index (χ4v) is 2.94. The van der Waals surface area contributed by atoms with Crippen LogP contribution in [0.3, 0.4) is 0 Å². The Morgan fingerprint density at radius 2 is 1.95 bits per heavy atom. The predicted octanol–water partition coefficient (Wildman–Crippen LogP) is 2.24. The van der Waals surface area contributed by atoms with Crippen molar-refractivity contribution >= 4 is 11.6 Å². The van der Waals surface area contributed by atoms with Crippen LogP contribution in [0.1, 0.15) is 18.7 Å². The smallest absolute Gasteiger partial charge is 0.157 e. The molecule has 0 bridgehead atoms. The van der Waals surface area contributed by atoms with Crippen LogP contribution in [0.2, 0.25) is 0 Å². The van der Waals surface area contributed by atoms with Crippen LogP contribution in [-0.4, -0.2) is 39.3 Å². The summed E-state index contributed by atoms with van der Waals surface area (Å²) >= 11 is 6.22. The SMILES string of the molecule is ClCC1(Cc2nnnn2-c2ccccc2)CCOCC1. The number of benzene rings is 1. The minimum Gasteiger partial charge on any atom is -0.381 e. The normalized spacial score (nSPS) is 18.1. The van der Waals surface area contributed by atoms with Gasteiger partial charge in [-0.05, 0) is 40.8 Å². The van der Waals surface area contributed by atoms with Gasteiger partial charge < -0.3 is 4.74 Å². The Bertz CT molecular complexity index is 551. The van der Waals surface area contributed by atoms with Crippen molar-refractivity contribution in [3.63, 3.8) is 0 Å². The quantitative estimate of drug-likeness (QED) is 0.811. The lowest BCUT2D eigenvalue weighted by atomic mass is 9.79. The van der Waals surface area contributed by atoms with E-state index in [1.165, 1.54) is 0 Å². The maximum Gasteiger partial charge on any atom is 0.157 e. The van der Waals surface area contributed by atoms with Gasteiger partial charge in [-0.3, -0.25) is 0 Å². The summed E-state index contributed by atoms with van der Waals surface area (Å²) in [6, 6.07) is 9.93. The standard InChI is InChI=1S/C14H17ClN4O/c15-11-14(6-8-20-9-7-14)10-13-16-17-18-19(13)12-4-2-1-3-5-12/h1-5H,6-11H2. The highest BCUT2D eigenvalue weighted by Gasteiger charge is 2.34. The summed E-state index contributed by atoms with van der Waals surface area (Å²) < 4.78 is 7.24. The Morgan fingerprint density at radius 1 is 1.20 bits per heavy atom. The number of tetrazole rings is 1. The Morgan fingerprint density at radius 3 is 2.65 bits per heavy atom. The molecule has 0 N–H and O–H groups in total. The fraction of sp³-hybridized carbons (Fsp3) is 0.500. The van der Waals surface area contributed by atoms with Crippen molar-refractivity contribution in [1.29, 1.82) is 0 Å². The first-order valence-corrected chi connectivity index (χ1v) is 7.33. The molecule has 2 aromatic rings. The van der Waals surface area contributed by atoms with Crippen LogP contribution in [0.4, 0.5) is 0 Å². The van der Waals surface area contributed by atoms with Gasteiger partial charge in [0.1, 0.15) is 0 Å². The molecule has 1 aliphatic rings. The van der Waals surface area contributed by atoms with Gasteiger partial charge in [-0.25, -0.2) is 0 Å². The molecule has 0 atom stereocenters. The highest BCUT2D eigenvalue weighted by molar-refractivity contribution is 6.18. The van der Waals surface area contributed by atoms with Crippen LogP contribution in [0.25, 0.3) is 5.69 Å². The molecule has 106 valence electrons. The van der Waals surface area contributed by atoms with Crippen molar-refractivity contribution in [2.24, 2.45) is 5.41 Å². The van der Waals surface area contributed by atoms with Gasteiger partial charge in [-0.1, -0.05) is 18.2 Å². The second-order valence-electron chi connectivity index (χ2n) is 5.27. The van der Waals surface area contributed by atoms with Crippen molar-refractivity contribution < 1.29 is 4.74 Å². The molecule has 5 nitrogen and oxygen atoms in total. The second kappa shape index (κ2) is 5.89. The van der Waals surface area contributed by atoms with Crippen molar-refractivity contribution in [1.82, 2.24) is 20.2 Å². The van der Waals surface area contributed by atoms with Crippen molar-refractivity contribution in [2.75, 3.05) is 19.1 Å². The molecule has 0 radical (unpaired) electrons. The molecule has 1 aliphatic heterocycles. The average molecular weight is 293 g/mol. The third kappa shape index (κ3) is 2.69. The van der Waals surface area contributed by atoms with Gasteiger partial charge in [0.2, 0.25) is 0 Å². The summed E-state index contributed by atoms with van der Waals surface area (Å²) in [4.78, 5) is 0. The molecule has 3 rings (SSSR count). The van der Waals surface area contributed by atoms with E-state index in [-0.39, 0.29) is 5.41 Å². The summed E-state index contributed by atoms with van der Waals surface area (Å²) in [5.41, 5.74) is 1.02. The number of rotatable bonds is 4. The number of hydrogen-bond donors (Lipinski definition) is 0. The van der Waals surface area contributed by atoms with E-state index in [0.717, 1.165) is 44.0 Å². The molecule has 1 aromatic heterocycles. The van der Waals surface area contributed by atoms with Gasteiger partial charge in [-0.15, -0.1) is 16.7 Å². The Hall–Kier alpha value is -1.46. The molecular weight excluding hydrogens is 276 g/mol. The van der Waals surface area contributed by atoms with Crippen LogP contribution >= 0.6 is 11.6 Å². The number of aromatic nitrogens is 4. The predicted molar refractivity (Wildman–Crippen MR) is 76.1 cm³/mol. The number of hydrogen-bond acceptors (Lipinski definition) is 4. The van der Waals surface area contributed by atoms with E-state index >= 15 is 0 Å². The van der Waals surface area contributed by atoms with Crippen molar-refractivity contribution in [3.8, 4) is 5.69 Å². The molecule has 1 fully saturated rings. The molecule has 0 aliphatic carbocycles. The van der Waals surface area contributed by atoms with Gasteiger partial charge in [-0.2, -0.15) is 4.68 Å². The highest BCUT2D eigenvalue weighted by Crippen LogP contribution is 2.35. The summed E-state index contributed by atoms with van der Waals surface area (Å²) in [6.45, 7) is 1.53. The largest absolute Gasteiger partial charge is 0.381 e. The molecule has 6 heteroatoms. The molecule has 1 saturated heterocycles. The Labute approximate surface area is 122 Å². The fourth-order valence-electron chi connectivity index (χ4n) is 2.58. The number of para-hydroxylation sites is 1. The molecule has 2 heterocycles. The zero-order chi connectivity index (χ0) is 13.8. The molecule has 20 heavy (non-hydrogen) atoms. The molecule has 0 amide bonds. The Kier molecular flexibility index (Phi) is 3.98. The lowest BCUT2D eigenvalue weighted by Crippen LogP contribution is -2.34. The van der Waals surface area contributed by atoms with Crippen LogP contribution in [0.15, 0.2) is 30.3 Å². The van der Waals surface area contributed by atoms with E-state index in [1.807, 2.05) is 30.3 Å².